The summed E-state index contributed by atoms with van der Waals surface area (Å²) < 4.78 is 0. The standard InChI is InChI=1S/C15H19ClN4/c1-10(20(2)11-7-8-11)9-17-15-13-6-4-3-5-12(13)14(16)18-19-15/h3-6,10-11H,7-9H2,1-2H3,(H,17,19). The van der Waals surface area contributed by atoms with Gasteiger partial charge in [0, 0.05) is 29.4 Å². The average molecular weight is 291 g/mol. The van der Waals surface area contributed by atoms with Crippen LogP contribution in [0, 0.1) is 0 Å². The molecule has 1 N–H and O–H groups in total. The lowest BCUT2D eigenvalue weighted by molar-refractivity contribution is 0.257. The van der Waals surface area contributed by atoms with Gasteiger partial charge in [-0.25, -0.2) is 0 Å². The molecule has 4 nitrogen and oxygen atoms in total. The Morgan fingerprint density at radius 2 is 2.00 bits per heavy atom. The van der Waals surface area contributed by atoms with E-state index in [1.165, 1.54) is 12.8 Å². The van der Waals surface area contributed by atoms with Crippen LogP contribution in [0.2, 0.25) is 5.15 Å². The van der Waals surface area contributed by atoms with E-state index in [2.05, 4.69) is 34.4 Å². The van der Waals surface area contributed by atoms with Gasteiger partial charge in [-0.1, -0.05) is 35.9 Å². The van der Waals surface area contributed by atoms with Crippen molar-refractivity contribution in [2.75, 3.05) is 18.9 Å². The monoisotopic (exact) mass is 290 g/mol. The van der Waals surface area contributed by atoms with E-state index in [-0.39, 0.29) is 0 Å². The van der Waals surface area contributed by atoms with Crippen molar-refractivity contribution in [3.8, 4) is 0 Å². The first kappa shape index (κ1) is 13.6. The van der Waals surface area contributed by atoms with E-state index in [0.29, 0.717) is 11.2 Å². The summed E-state index contributed by atoms with van der Waals surface area (Å²) in [5.41, 5.74) is 0. The lowest BCUT2D eigenvalue weighted by Crippen LogP contribution is -2.36. The lowest BCUT2D eigenvalue weighted by atomic mass is 10.2. The van der Waals surface area contributed by atoms with Gasteiger partial charge in [0.2, 0.25) is 0 Å². The van der Waals surface area contributed by atoms with E-state index in [1.807, 2.05) is 24.3 Å². The minimum atomic E-state index is 0.453. The first-order chi connectivity index (χ1) is 9.66. The lowest BCUT2D eigenvalue weighted by Gasteiger charge is -2.25. The predicted molar refractivity (Wildman–Crippen MR) is 83.3 cm³/mol. The first-order valence-corrected chi connectivity index (χ1v) is 7.41. The van der Waals surface area contributed by atoms with Crippen molar-refractivity contribution in [1.82, 2.24) is 15.1 Å². The zero-order chi connectivity index (χ0) is 14.1. The highest BCUT2D eigenvalue weighted by molar-refractivity contribution is 6.34. The number of rotatable bonds is 5. The van der Waals surface area contributed by atoms with Crippen molar-refractivity contribution in [2.45, 2.75) is 31.8 Å². The third-order valence-electron chi connectivity index (χ3n) is 4.03. The van der Waals surface area contributed by atoms with Gasteiger partial charge >= 0.3 is 0 Å². The van der Waals surface area contributed by atoms with Crippen LogP contribution < -0.4 is 5.32 Å². The highest BCUT2D eigenvalue weighted by Gasteiger charge is 2.28. The molecule has 1 aliphatic rings. The van der Waals surface area contributed by atoms with Crippen LogP contribution >= 0.6 is 11.6 Å². The number of fused-ring (bicyclic) bond motifs is 1. The van der Waals surface area contributed by atoms with Crippen LogP contribution in [0.1, 0.15) is 19.8 Å². The number of hydrogen-bond acceptors (Lipinski definition) is 4. The molecule has 1 saturated carbocycles. The number of anilines is 1. The topological polar surface area (TPSA) is 41.1 Å². The van der Waals surface area contributed by atoms with Gasteiger partial charge in [0.1, 0.15) is 0 Å². The summed E-state index contributed by atoms with van der Waals surface area (Å²) in [5.74, 6) is 0.807. The molecule has 1 unspecified atom stereocenters. The zero-order valence-corrected chi connectivity index (χ0v) is 12.6. The van der Waals surface area contributed by atoms with Crippen molar-refractivity contribution >= 4 is 28.2 Å². The van der Waals surface area contributed by atoms with Gasteiger partial charge in [-0.15, -0.1) is 10.2 Å². The largest absolute Gasteiger partial charge is 0.367 e. The summed E-state index contributed by atoms with van der Waals surface area (Å²) in [7, 11) is 2.19. The van der Waals surface area contributed by atoms with Crippen molar-refractivity contribution in [3.63, 3.8) is 0 Å². The average Bonchev–Trinajstić information content (AvgIpc) is 3.30. The van der Waals surface area contributed by atoms with E-state index >= 15 is 0 Å². The Morgan fingerprint density at radius 1 is 1.30 bits per heavy atom. The van der Waals surface area contributed by atoms with E-state index < -0.39 is 0 Å². The molecule has 0 saturated heterocycles. The van der Waals surface area contributed by atoms with Gasteiger partial charge < -0.3 is 5.32 Å². The molecule has 1 atom stereocenters. The fourth-order valence-corrected chi connectivity index (χ4v) is 2.63. The molecule has 3 rings (SSSR count). The molecule has 20 heavy (non-hydrogen) atoms. The second-order valence-electron chi connectivity index (χ2n) is 5.51. The molecule has 0 aliphatic heterocycles. The molecular formula is C15H19ClN4. The first-order valence-electron chi connectivity index (χ1n) is 7.03. The van der Waals surface area contributed by atoms with Crippen molar-refractivity contribution in [2.24, 2.45) is 0 Å². The molecule has 0 radical (unpaired) electrons. The summed E-state index contributed by atoms with van der Waals surface area (Å²) >= 11 is 6.08. The maximum atomic E-state index is 6.08. The molecule has 1 aromatic heterocycles. The quantitative estimate of drug-likeness (QED) is 0.918. The predicted octanol–water partition coefficient (Wildman–Crippen LogP) is 3.18. The van der Waals surface area contributed by atoms with Crippen LogP contribution in [0.5, 0.6) is 0 Å². The third kappa shape index (κ3) is 2.72. The SMILES string of the molecule is CC(CNc1nnc(Cl)c2ccccc12)N(C)C1CC1. The molecule has 2 aromatic rings. The second-order valence-corrected chi connectivity index (χ2v) is 5.87. The molecule has 1 fully saturated rings. The van der Waals surface area contributed by atoms with E-state index in [1.54, 1.807) is 0 Å². The van der Waals surface area contributed by atoms with Crippen LogP contribution in [0.4, 0.5) is 5.82 Å². The maximum Gasteiger partial charge on any atom is 0.159 e. The van der Waals surface area contributed by atoms with Crippen LogP contribution in [0.25, 0.3) is 10.8 Å². The molecular weight excluding hydrogens is 272 g/mol. The Bertz CT molecular complexity index is 612. The summed E-state index contributed by atoms with van der Waals surface area (Å²) in [4.78, 5) is 2.43. The number of aromatic nitrogens is 2. The van der Waals surface area contributed by atoms with Crippen LogP contribution in [-0.2, 0) is 0 Å². The van der Waals surface area contributed by atoms with Gasteiger partial charge in [-0.2, -0.15) is 0 Å². The fourth-order valence-electron chi connectivity index (χ4n) is 2.43. The molecule has 106 valence electrons. The second kappa shape index (κ2) is 5.54. The Morgan fingerprint density at radius 3 is 2.70 bits per heavy atom. The number of likely N-dealkylation sites (N-methyl/N-ethyl adjacent to an activating group) is 1. The van der Waals surface area contributed by atoms with Gasteiger partial charge in [-0.3, -0.25) is 4.90 Å². The fraction of sp³-hybridized carbons (Fsp3) is 0.467. The Kier molecular flexibility index (Phi) is 3.76. The van der Waals surface area contributed by atoms with Gasteiger partial charge in [0.15, 0.2) is 11.0 Å². The van der Waals surface area contributed by atoms with Crippen molar-refractivity contribution < 1.29 is 0 Å². The van der Waals surface area contributed by atoms with Crippen molar-refractivity contribution in [1.29, 1.82) is 0 Å². The Hall–Kier alpha value is -1.39. The number of halogens is 1. The van der Waals surface area contributed by atoms with Gasteiger partial charge in [-0.05, 0) is 26.8 Å². The third-order valence-corrected chi connectivity index (χ3v) is 4.30. The summed E-state index contributed by atoms with van der Waals surface area (Å²) in [6.07, 6.45) is 2.65. The zero-order valence-electron chi connectivity index (χ0n) is 11.8. The summed E-state index contributed by atoms with van der Waals surface area (Å²) in [5, 5.41) is 14.0. The maximum absolute atomic E-state index is 6.08. The number of hydrogen-bond donors (Lipinski definition) is 1. The number of nitrogens with zero attached hydrogens (tertiary/aromatic N) is 3. The highest BCUT2D eigenvalue weighted by Crippen LogP contribution is 2.28. The van der Waals surface area contributed by atoms with E-state index in [4.69, 9.17) is 11.6 Å². The Balaban J connectivity index is 1.75. The number of nitrogens with one attached hydrogen (secondary N) is 1. The Labute approximate surface area is 124 Å². The van der Waals surface area contributed by atoms with E-state index in [0.717, 1.165) is 29.2 Å². The smallest absolute Gasteiger partial charge is 0.159 e. The number of benzene rings is 1. The normalized spacial score (nSPS) is 16.6. The molecule has 5 heteroatoms. The summed E-state index contributed by atoms with van der Waals surface area (Å²) in [6, 6.07) is 9.18. The molecule has 1 heterocycles. The summed E-state index contributed by atoms with van der Waals surface area (Å²) in [6.45, 7) is 3.09. The molecule has 0 bridgehead atoms. The van der Waals surface area contributed by atoms with Crippen LogP contribution in [-0.4, -0.2) is 40.8 Å². The highest BCUT2D eigenvalue weighted by atomic mass is 35.5. The van der Waals surface area contributed by atoms with E-state index in [9.17, 15) is 0 Å². The molecule has 1 aliphatic carbocycles. The minimum absolute atomic E-state index is 0.453. The van der Waals surface area contributed by atoms with Crippen molar-refractivity contribution in [3.05, 3.63) is 29.4 Å². The van der Waals surface area contributed by atoms with Gasteiger partial charge in [0.25, 0.3) is 0 Å². The molecule has 0 spiro atoms. The van der Waals surface area contributed by atoms with Gasteiger partial charge in [0.05, 0.1) is 0 Å². The van der Waals surface area contributed by atoms with Crippen LogP contribution in [0.3, 0.4) is 0 Å². The molecule has 0 amide bonds. The minimum Gasteiger partial charge on any atom is -0.367 e. The van der Waals surface area contributed by atoms with Crippen LogP contribution in [0.15, 0.2) is 24.3 Å². The molecule has 1 aromatic carbocycles.